The van der Waals surface area contributed by atoms with Crippen LogP contribution in [0.2, 0.25) is 0 Å². The lowest BCUT2D eigenvalue weighted by Gasteiger charge is -1.94. The van der Waals surface area contributed by atoms with Gasteiger partial charge in [0, 0.05) is 6.54 Å². The molecule has 0 fully saturated rings. The van der Waals surface area contributed by atoms with Gasteiger partial charge in [0.2, 0.25) is 0 Å². The van der Waals surface area contributed by atoms with Crippen LogP contribution in [0.15, 0.2) is 6.20 Å². The Bertz CT molecular complexity index is 208. The van der Waals surface area contributed by atoms with Crippen molar-refractivity contribution >= 4 is 17.2 Å². The highest BCUT2D eigenvalue weighted by Gasteiger charge is 2.03. The monoisotopic (exact) mass is 155 g/mol. The van der Waals surface area contributed by atoms with Gasteiger partial charge < -0.3 is 5.32 Å². The summed E-state index contributed by atoms with van der Waals surface area (Å²) in [6.07, 6.45) is 1.51. The summed E-state index contributed by atoms with van der Waals surface area (Å²) in [7, 11) is 0. The average molecular weight is 155 g/mol. The van der Waals surface area contributed by atoms with Gasteiger partial charge in [0.15, 0.2) is 5.51 Å². The van der Waals surface area contributed by atoms with Gasteiger partial charge in [-0.1, -0.05) is 0 Å². The molecule has 1 N–H and O–H groups in total. The molecule has 0 spiro atoms. The first-order chi connectivity index (χ1) is 4.84. The van der Waals surface area contributed by atoms with Crippen molar-refractivity contribution in [2.45, 2.75) is 6.92 Å². The maximum Gasteiger partial charge on any atom is 0.263 e. The van der Waals surface area contributed by atoms with Crippen LogP contribution in [0.25, 0.3) is 0 Å². The van der Waals surface area contributed by atoms with Crippen LogP contribution in [0.4, 0.5) is 0 Å². The summed E-state index contributed by atoms with van der Waals surface area (Å²) in [5, 5.41) is 2.66. The third kappa shape index (κ3) is 1.54. The number of amides is 1. The van der Waals surface area contributed by atoms with Gasteiger partial charge in [0.1, 0.15) is 4.88 Å². The van der Waals surface area contributed by atoms with E-state index in [1.807, 2.05) is 6.92 Å². The number of carbonyl (C=O) groups excluding carboxylic acids is 1. The molecular weight excluding hydrogens is 148 g/mol. The van der Waals surface area contributed by atoms with E-state index in [2.05, 4.69) is 15.8 Å². The first kappa shape index (κ1) is 7.21. The molecule has 0 saturated heterocycles. The summed E-state index contributed by atoms with van der Waals surface area (Å²) in [6.45, 7) is 2.53. The third-order valence-corrected chi connectivity index (χ3v) is 1.66. The topological polar surface area (TPSA) is 42.0 Å². The fourth-order valence-corrected chi connectivity index (χ4v) is 1.01. The van der Waals surface area contributed by atoms with Gasteiger partial charge in [-0.2, -0.15) is 0 Å². The predicted octanol–water partition coefficient (Wildman–Crippen LogP) is 0.693. The molecule has 0 aliphatic rings. The lowest BCUT2D eigenvalue weighted by Crippen LogP contribution is -2.21. The molecule has 0 unspecified atom stereocenters. The molecular formula is C6H7N2OS. The lowest BCUT2D eigenvalue weighted by atomic mass is 10.5. The van der Waals surface area contributed by atoms with E-state index in [-0.39, 0.29) is 5.91 Å². The number of hydrogen-bond acceptors (Lipinski definition) is 3. The Labute approximate surface area is 63.1 Å². The van der Waals surface area contributed by atoms with E-state index in [9.17, 15) is 4.79 Å². The van der Waals surface area contributed by atoms with Crippen molar-refractivity contribution in [2.24, 2.45) is 0 Å². The standard InChI is InChI=1S/C6H7N2OS/c1-2-8-6(9)5-3-7-4-10-5/h3H,2H2,1H3,(H,8,9). The number of rotatable bonds is 2. The summed E-state index contributed by atoms with van der Waals surface area (Å²) in [5.74, 6) is -0.0683. The molecule has 1 rings (SSSR count). The second kappa shape index (κ2) is 3.31. The Kier molecular flexibility index (Phi) is 2.39. The Morgan fingerprint density at radius 1 is 2.00 bits per heavy atom. The SMILES string of the molecule is CCNC(=O)c1cn[c]s1. The van der Waals surface area contributed by atoms with Crippen LogP contribution in [-0.4, -0.2) is 17.4 Å². The maximum atomic E-state index is 10.9. The van der Waals surface area contributed by atoms with Crippen molar-refractivity contribution in [1.29, 1.82) is 0 Å². The molecule has 3 nitrogen and oxygen atoms in total. The molecule has 1 aromatic rings. The lowest BCUT2D eigenvalue weighted by molar-refractivity contribution is 0.0959. The molecule has 1 aromatic heterocycles. The molecule has 0 aromatic carbocycles. The molecule has 0 atom stereocenters. The average Bonchev–Trinajstić information content (AvgIpc) is 2.38. The highest BCUT2D eigenvalue weighted by atomic mass is 32.1. The fraction of sp³-hybridized carbons (Fsp3) is 0.333. The van der Waals surface area contributed by atoms with Gasteiger partial charge in [-0.05, 0) is 6.92 Å². The third-order valence-electron chi connectivity index (χ3n) is 0.951. The van der Waals surface area contributed by atoms with Gasteiger partial charge in [-0.25, -0.2) is 4.98 Å². The zero-order chi connectivity index (χ0) is 7.40. The van der Waals surface area contributed by atoms with Crippen molar-refractivity contribution in [3.8, 4) is 0 Å². The second-order valence-electron chi connectivity index (χ2n) is 1.68. The summed E-state index contributed by atoms with van der Waals surface area (Å²) in [5.41, 5.74) is 2.60. The smallest absolute Gasteiger partial charge is 0.263 e. The molecule has 0 saturated carbocycles. The summed E-state index contributed by atoms with van der Waals surface area (Å²) >= 11 is 1.22. The van der Waals surface area contributed by atoms with E-state index in [0.29, 0.717) is 11.4 Å². The molecule has 10 heavy (non-hydrogen) atoms. The van der Waals surface area contributed by atoms with Crippen LogP contribution in [0.3, 0.4) is 0 Å². The number of thiazole rings is 1. The Balaban J connectivity index is 2.59. The number of nitrogens with zero attached hydrogens (tertiary/aromatic N) is 1. The molecule has 0 aliphatic carbocycles. The van der Waals surface area contributed by atoms with E-state index in [1.54, 1.807) is 0 Å². The minimum atomic E-state index is -0.0683. The second-order valence-corrected chi connectivity index (χ2v) is 2.50. The van der Waals surface area contributed by atoms with Crippen molar-refractivity contribution in [3.63, 3.8) is 0 Å². The largest absolute Gasteiger partial charge is 0.352 e. The molecule has 0 aliphatic heterocycles. The van der Waals surface area contributed by atoms with E-state index >= 15 is 0 Å². The molecule has 1 amide bonds. The molecule has 1 radical (unpaired) electrons. The molecule has 53 valence electrons. The number of hydrogen-bond donors (Lipinski definition) is 1. The van der Waals surface area contributed by atoms with E-state index in [0.717, 1.165) is 0 Å². The van der Waals surface area contributed by atoms with Gasteiger partial charge in [0.05, 0.1) is 6.20 Å². The van der Waals surface area contributed by atoms with Crippen LogP contribution >= 0.6 is 11.3 Å². The van der Waals surface area contributed by atoms with Crippen molar-refractivity contribution in [2.75, 3.05) is 6.54 Å². The zero-order valence-electron chi connectivity index (χ0n) is 5.55. The Hall–Kier alpha value is -0.900. The Morgan fingerprint density at radius 3 is 3.30 bits per heavy atom. The summed E-state index contributed by atoms with van der Waals surface area (Å²) in [4.78, 5) is 15.2. The van der Waals surface area contributed by atoms with Crippen LogP contribution in [-0.2, 0) is 0 Å². The number of carbonyl (C=O) groups is 1. The van der Waals surface area contributed by atoms with Crippen molar-refractivity contribution in [3.05, 3.63) is 16.6 Å². The van der Waals surface area contributed by atoms with Crippen LogP contribution < -0.4 is 5.32 Å². The van der Waals surface area contributed by atoms with Crippen molar-refractivity contribution in [1.82, 2.24) is 10.3 Å². The Morgan fingerprint density at radius 2 is 2.80 bits per heavy atom. The molecule has 4 heteroatoms. The number of aromatic nitrogens is 1. The van der Waals surface area contributed by atoms with Crippen LogP contribution in [0.1, 0.15) is 16.6 Å². The quantitative estimate of drug-likeness (QED) is 0.682. The first-order valence-electron chi connectivity index (χ1n) is 2.94. The first-order valence-corrected chi connectivity index (χ1v) is 3.76. The van der Waals surface area contributed by atoms with E-state index < -0.39 is 0 Å². The molecule has 0 bridgehead atoms. The minimum Gasteiger partial charge on any atom is -0.352 e. The summed E-state index contributed by atoms with van der Waals surface area (Å²) < 4.78 is 0. The highest BCUT2D eigenvalue weighted by molar-refractivity contribution is 7.11. The van der Waals surface area contributed by atoms with E-state index in [1.165, 1.54) is 17.5 Å². The van der Waals surface area contributed by atoms with Gasteiger partial charge in [-0.3, -0.25) is 4.79 Å². The predicted molar refractivity (Wildman–Crippen MR) is 39.0 cm³/mol. The molecule has 1 heterocycles. The van der Waals surface area contributed by atoms with Crippen LogP contribution in [0, 0.1) is 5.51 Å². The van der Waals surface area contributed by atoms with E-state index in [4.69, 9.17) is 0 Å². The van der Waals surface area contributed by atoms with Gasteiger partial charge in [-0.15, -0.1) is 11.3 Å². The van der Waals surface area contributed by atoms with Crippen LogP contribution in [0.5, 0.6) is 0 Å². The highest BCUT2D eigenvalue weighted by Crippen LogP contribution is 2.02. The fourth-order valence-electron chi connectivity index (χ4n) is 0.540. The summed E-state index contributed by atoms with van der Waals surface area (Å²) in [6, 6.07) is 0. The normalized spacial score (nSPS) is 9.30. The van der Waals surface area contributed by atoms with Gasteiger partial charge >= 0.3 is 0 Å². The number of nitrogens with one attached hydrogen (secondary N) is 1. The van der Waals surface area contributed by atoms with Gasteiger partial charge in [0.25, 0.3) is 5.91 Å². The van der Waals surface area contributed by atoms with Crippen molar-refractivity contribution < 1.29 is 4.79 Å². The maximum absolute atomic E-state index is 10.9. The minimum absolute atomic E-state index is 0.0683. The zero-order valence-corrected chi connectivity index (χ0v) is 6.36.